The Balaban J connectivity index is 1.59. The minimum atomic E-state index is -0.925. The van der Waals surface area contributed by atoms with Gasteiger partial charge in [-0.25, -0.2) is 4.68 Å². The van der Waals surface area contributed by atoms with Crippen molar-refractivity contribution in [3.05, 3.63) is 78.4 Å². The summed E-state index contributed by atoms with van der Waals surface area (Å²) in [5.41, 5.74) is 2.69. The van der Waals surface area contributed by atoms with Crippen LogP contribution in [0.5, 0.6) is 11.5 Å². The second kappa shape index (κ2) is 12.8. The first-order valence-corrected chi connectivity index (χ1v) is 14.3. The van der Waals surface area contributed by atoms with E-state index in [2.05, 4.69) is 15.6 Å². The number of fused-ring (bicyclic) bond motifs is 1. The minimum absolute atomic E-state index is 0.0750. The van der Waals surface area contributed by atoms with Gasteiger partial charge in [-0.1, -0.05) is 48.7 Å². The van der Waals surface area contributed by atoms with Crippen LogP contribution in [0.2, 0.25) is 0 Å². The number of para-hydroxylation sites is 1. The van der Waals surface area contributed by atoms with Gasteiger partial charge in [0.05, 0.1) is 19.2 Å². The number of methoxy groups -OCH3 is 1. The van der Waals surface area contributed by atoms with Crippen molar-refractivity contribution in [2.45, 2.75) is 64.1 Å². The Bertz CT molecular complexity index is 1460. The fraction of sp³-hybridized carbons (Fsp3) is 0.375. The molecule has 1 heterocycles. The first-order chi connectivity index (χ1) is 20.0. The summed E-state index contributed by atoms with van der Waals surface area (Å²) in [4.78, 5) is 30.3. The third-order valence-electron chi connectivity index (χ3n) is 7.65. The van der Waals surface area contributed by atoms with E-state index >= 15 is 0 Å². The summed E-state index contributed by atoms with van der Waals surface area (Å²) in [6.07, 6.45) is 5.19. The van der Waals surface area contributed by atoms with E-state index in [1.807, 2.05) is 79.7 Å². The van der Waals surface area contributed by atoms with Crippen molar-refractivity contribution in [2.75, 3.05) is 18.6 Å². The number of benzene rings is 3. The molecule has 1 saturated carbocycles. The standard InChI is InChI=1S/C32H37N5O4/c1-4-41-27-20-16-25(17-21-27)36(32(39)22(2)37-29-13-9-8-12-28(29)34-35-37)30(23-14-18-26(40-3)19-15-23)31(38)33-24-10-6-5-7-11-24/h8-9,12-22,24,30H,4-7,10-11H2,1-3H3,(H,33,38). The zero-order valence-corrected chi connectivity index (χ0v) is 23.8. The lowest BCUT2D eigenvalue weighted by Crippen LogP contribution is -2.48. The lowest BCUT2D eigenvalue weighted by atomic mass is 9.94. The Morgan fingerprint density at radius 1 is 0.976 bits per heavy atom. The number of nitrogens with one attached hydrogen (secondary N) is 1. The highest BCUT2D eigenvalue weighted by molar-refractivity contribution is 6.03. The van der Waals surface area contributed by atoms with E-state index in [-0.39, 0.29) is 17.9 Å². The van der Waals surface area contributed by atoms with Crippen molar-refractivity contribution in [3.8, 4) is 11.5 Å². The summed E-state index contributed by atoms with van der Waals surface area (Å²) in [6.45, 7) is 4.23. The molecule has 4 aromatic rings. The van der Waals surface area contributed by atoms with Crippen molar-refractivity contribution in [3.63, 3.8) is 0 Å². The molecule has 1 N–H and O–H groups in total. The molecule has 0 bridgehead atoms. The molecule has 0 aliphatic heterocycles. The van der Waals surface area contributed by atoms with Gasteiger partial charge in [-0.15, -0.1) is 5.10 Å². The third kappa shape index (κ3) is 6.19. The van der Waals surface area contributed by atoms with E-state index in [0.717, 1.165) is 31.2 Å². The Kier molecular flexibility index (Phi) is 8.82. The van der Waals surface area contributed by atoms with Crippen LogP contribution >= 0.6 is 0 Å². The summed E-state index contributed by atoms with van der Waals surface area (Å²) >= 11 is 0. The second-order valence-electron chi connectivity index (χ2n) is 10.4. The van der Waals surface area contributed by atoms with Crippen LogP contribution in [-0.4, -0.2) is 46.6 Å². The number of anilines is 1. The zero-order chi connectivity index (χ0) is 28.8. The van der Waals surface area contributed by atoms with Gasteiger partial charge in [-0.05, 0) is 80.8 Å². The molecule has 1 aromatic heterocycles. The molecule has 2 unspecified atom stereocenters. The number of carbonyl (C=O) groups is 2. The van der Waals surface area contributed by atoms with Gasteiger partial charge in [0.25, 0.3) is 5.91 Å². The number of carbonyl (C=O) groups excluding carboxylic acids is 2. The van der Waals surface area contributed by atoms with Crippen LogP contribution in [0.15, 0.2) is 72.8 Å². The quantitative estimate of drug-likeness (QED) is 0.273. The van der Waals surface area contributed by atoms with Crippen LogP contribution in [0.4, 0.5) is 5.69 Å². The molecular formula is C32H37N5O4. The van der Waals surface area contributed by atoms with Gasteiger partial charge in [0.15, 0.2) is 0 Å². The molecule has 9 nitrogen and oxygen atoms in total. The van der Waals surface area contributed by atoms with Crippen molar-refractivity contribution in [2.24, 2.45) is 0 Å². The maximum atomic E-state index is 14.5. The molecule has 41 heavy (non-hydrogen) atoms. The topological polar surface area (TPSA) is 98.6 Å². The first kappa shape index (κ1) is 28.1. The maximum Gasteiger partial charge on any atom is 0.252 e. The monoisotopic (exact) mass is 555 g/mol. The maximum absolute atomic E-state index is 14.5. The average molecular weight is 556 g/mol. The van der Waals surface area contributed by atoms with Crippen LogP contribution in [0.3, 0.4) is 0 Å². The molecule has 5 rings (SSSR count). The van der Waals surface area contributed by atoms with Crippen LogP contribution < -0.4 is 19.7 Å². The van der Waals surface area contributed by atoms with E-state index in [0.29, 0.717) is 34.9 Å². The minimum Gasteiger partial charge on any atom is -0.497 e. The zero-order valence-electron chi connectivity index (χ0n) is 23.8. The number of nitrogens with zero attached hydrogens (tertiary/aromatic N) is 4. The number of ether oxygens (including phenoxy) is 2. The average Bonchev–Trinajstić information content (AvgIpc) is 3.44. The molecule has 0 saturated heterocycles. The predicted octanol–water partition coefficient (Wildman–Crippen LogP) is 5.62. The molecular weight excluding hydrogens is 518 g/mol. The Morgan fingerprint density at radius 3 is 2.34 bits per heavy atom. The molecule has 3 aromatic carbocycles. The van der Waals surface area contributed by atoms with E-state index in [4.69, 9.17) is 9.47 Å². The summed E-state index contributed by atoms with van der Waals surface area (Å²) in [5.74, 6) is 0.845. The highest BCUT2D eigenvalue weighted by Crippen LogP contribution is 2.33. The van der Waals surface area contributed by atoms with Gasteiger partial charge in [-0.2, -0.15) is 0 Å². The fourth-order valence-electron chi connectivity index (χ4n) is 5.48. The van der Waals surface area contributed by atoms with Crippen molar-refractivity contribution in [1.82, 2.24) is 20.3 Å². The summed E-state index contributed by atoms with van der Waals surface area (Å²) in [6, 6.07) is 20.5. The third-order valence-corrected chi connectivity index (χ3v) is 7.65. The number of amides is 2. The number of aromatic nitrogens is 3. The molecule has 1 aliphatic carbocycles. The van der Waals surface area contributed by atoms with Crippen LogP contribution in [0.25, 0.3) is 11.0 Å². The lowest BCUT2D eigenvalue weighted by Gasteiger charge is -2.35. The predicted molar refractivity (Wildman–Crippen MR) is 158 cm³/mol. The molecule has 0 spiro atoms. The molecule has 214 valence electrons. The summed E-state index contributed by atoms with van der Waals surface area (Å²) in [7, 11) is 1.60. The summed E-state index contributed by atoms with van der Waals surface area (Å²) < 4.78 is 12.6. The smallest absolute Gasteiger partial charge is 0.252 e. The molecule has 1 aliphatic rings. The largest absolute Gasteiger partial charge is 0.497 e. The van der Waals surface area contributed by atoms with Gasteiger partial charge in [0.1, 0.15) is 29.1 Å². The summed E-state index contributed by atoms with van der Waals surface area (Å²) in [5, 5.41) is 11.8. The lowest BCUT2D eigenvalue weighted by molar-refractivity contribution is -0.128. The number of rotatable bonds is 10. The van der Waals surface area contributed by atoms with E-state index in [1.165, 1.54) is 6.42 Å². The highest BCUT2D eigenvalue weighted by Gasteiger charge is 2.37. The molecule has 0 radical (unpaired) electrons. The van der Waals surface area contributed by atoms with E-state index < -0.39 is 12.1 Å². The fourth-order valence-corrected chi connectivity index (χ4v) is 5.48. The number of hydrogen-bond acceptors (Lipinski definition) is 6. The van der Waals surface area contributed by atoms with E-state index in [9.17, 15) is 9.59 Å². The van der Waals surface area contributed by atoms with Crippen LogP contribution in [0, 0.1) is 0 Å². The van der Waals surface area contributed by atoms with Crippen molar-refractivity contribution in [1.29, 1.82) is 0 Å². The van der Waals surface area contributed by atoms with Crippen LogP contribution in [0.1, 0.15) is 63.6 Å². The van der Waals surface area contributed by atoms with Gasteiger partial charge < -0.3 is 14.8 Å². The molecule has 2 amide bonds. The molecule has 1 fully saturated rings. The van der Waals surface area contributed by atoms with Crippen molar-refractivity contribution >= 4 is 28.5 Å². The number of hydrogen-bond donors (Lipinski definition) is 1. The molecule has 2 atom stereocenters. The first-order valence-electron chi connectivity index (χ1n) is 14.3. The van der Waals surface area contributed by atoms with Gasteiger partial charge in [0.2, 0.25) is 5.91 Å². The second-order valence-corrected chi connectivity index (χ2v) is 10.4. The SMILES string of the molecule is CCOc1ccc(N(C(=O)C(C)n2nnc3ccccc32)C(C(=O)NC2CCCCC2)c2ccc(OC)cc2)cc1. The Morgan fingerprint density at radius 2 is 1.66 bits per heavy atom. The van der Waals surface area contributed by atoms with Gasteiger partial charge in [0, 0.05) is 11.7 Å². The van der Waals surface area contributed by atoms with Gasteiger partial charge in [-0.3, -0.25) is 14.5 Å². The Hall–Kier alpha value is -4.40. The highest BCUT2D eigenvalue weighted by atomic mass is 16.5. The van der Waals surface area contributed by atoms with Crippen LogP contribution in [-0.2, 0) is 9.59 Å². The normalized spacial score (nSPS) is 15.2. The van der Waals surface area contributed by atoms with E-state index in [1.54, 1.807) is 23.6 Å². The van der Waals surface area contributed by atoms with Crippen molar-refractivity contribution < 1.29 is 19.1 Å². The van der Waals surface area contributed by atoms with Gasteiger partial charge >= 0.3 is 0 Å². The molecule has 9 heteroatoms. The Labute approximate surface area is 240 Å².